The van der Waals surface area contributed by atoms with Gasteiger partial charge in [-0.1, -0.05) is 18.2 Å². The molecule has 0 radical (unpaired) electrons. The van der Waals surface area contributed by atoms with Crippen molar-refractivity contribution >= 4 is 11.6 Å². The van der Waals surface area contributed by atoms with E-state index in [1.165, 1.54) is 4.90 Å². The number of amides is 1. The molecule has 0 heterocycles. The van der Waals surface area contributed by atoms with Crippen molar-refractivity contribution in [3.8, 4) is 0 Å². The quantitative estimate of drug-likeness (QED) is 0.770. The first-order chi connectivity index (χ1) is 8.61. The highest BCUT2D eigenvalue weighted by atomic mass is 19.3. The van der Waals surface area contributed by atoms with Crippen LogP contribution in [0.1, 0.15) is 0 Å². The van der Waals surface area contributed by atoms with Crippen molar-refractivity contribution in [3.05, 3.63) is 30.3 Å². The smallest absolute Gasteiger partial charge is 0.251 e. The molecule has 0 fully saturated rings. The Morgan fingerprint density at radius 1 is 1.33 bits per heavy atom. The highest BCUT2D eigenvalue weighted by Gasteiger charge is 2.14. The number of alkyl halides is 2. The van der Waals surface area contributed by atoms with E-state index in [9.17, 15) is 13.6 Å². The van der Waals surface area contributed by atoms with Crippen LogP contribution in [0, 0.1) is 0 Å². The van der Waals surface area contributed by atoms with E-state index in [4.69, 9.17) is 5.73 Å². The number of nitrogens with zero attached hydrogens (tertiary/aromatic N) is 1. The fourth-order valence-corrected chi connectivity index (χ4v) is 1.54. The predicted molar refractivity (Wildman–Crippen MR) is 66.6 cm³/mol. The molecule has 4 nitrogen and oxygen atoms in total. The predicted octanol–water partition coefficient (Wildman–Crippen LogP) is 1.15. The SMILES string of the molecule is NCCN(CC(=O)Nc1ccccc1)CC(F)F. The van der Waals surface area contributed by atoms with Crippen molar-refractivity contribution in [2.75, 3.05) is 31.5 Å². The molecule has 0 aliphatic rings. The third-order valence-corrected chi connectivity index (χ3v) is 2.27. The number of benzene rings is 1. The molecule has 1 aromatic rings. The first-order valence-corrected chi connectivity index (χ1v) is 5.67. The van der Waals surface area contributed by atoms with Gasteiger partial charge in [-0.25, -0.2) is 8.78 Å². The number of rotatable bonds is 7. The molecule has 3 N–H and O–H groups in total. The van der Waals surface area contributed by atoms with Crippen molar-refractivity contribution < 1.29 is 13.6 Å². The monoisotopic (exact) mass is 257 g/mol. The molecular formula is C12H17F2N3O. The molecule has 0 atom stereocenters. The van der Waals surface area contributed by atoms with Crippen LogP contribution in [0.15, 0.2) is 30.3 Å². The van der Waals surface area contributed by atoms with Gasteiger partial charge in [0.15, 0.2) is 0 Å². The molecule has 0 saturated heterocycles. The first kappa shape index (κ1) is 14.5. The van der Waals surface area contributed by atoms with E-state index >= 15 is 0 Å². The van der Waals surface area contributed by atoms with Gasteiger partial charge in [-0.05, 0) is 12.1 Å². The highest BCUT2D eigenvalue weighted by molar-refractivity contribution is 5.92. The molecule has 0 aliphatic heterocycles. The minimum Gasteiger partial charge on any atom is -0.329 e. The molecule has 0 unspecified atom stereocenters. The lowest BCUT2D eigenvalue weighted by atomic mass is 10.3. The number of hydrogen-bond acceptors (Lipinski definition) is 3. The van der Waals surface area contributed by atoms with Crippen LogP contribution in [0.3, 0.4) is 0 Å². The Kier molecular flexibility index (Phi) is 6.24. The summed E-state index contributed by atoms with van der Waals surface area (Å²) in [6, 6.07) is 8.86. The van der Waals surface area contributed by atoms with Crippen LogP contribution in [0.5, 0.6) is 0 Å². The van der Waals surface area contributed by atoms with E-state index in [0.717, 1.165) is 0 Å². The normalized spacial score (nSPS) is 10.9. The lowest BCUT2D eigenvalue weighted by Gasteiger charge is -2.20. The number of halogens is 2. The van der Waals surface area contributed by atoms with Gasteiger partial charge >= 0.3 is 0 Å². The van der Waals surface area contributed by atoms with Gasteiger partial charge in [0.25, 0.3) is 6.43 Å². The third-order valence-electron chi connectivity index (χ3n) is 2.27. The van der Waals surface area contributed by atoms with Crippen molar-refractivity contribution in [1.82, 2.24) is 4.90 Å². The number of nitrogens with one attached hydrogen (secondary N) is 1. The van der Waals surface area contributed by atoms with Gasteiger partial charge < -0.3 is 11.1 Å². The largest absolute Gasteiger partial charge is 0.329 e. The molecule has 1 aromatic carbocycles. The molecule has 6 heteroatoms. The van der Waals surface area contributed by atoms with Gasteiger partial charge in [-0.2, -0.15) is 0 Å². The van der Waals surface area contributed by atoms with Crippen molar-refractivity contribution in [2.24, 2.45) is 5.73 Å². The fourth-order valence-electron chi connectivity index (χ4n) is 1.54. The van der Waals surface area contributed by atoms with Crippen LogP contribution in [0.25, 0.3) is 0 Å². The number of carbonyl (C=O) groups is 1. The zero-order valence-corrected chi connectivity index (χ0v) is 9.98. The number of carbonyl (C=O) groups excluding carboxylic acids is 1. The topological polar surface area (TPSA) is 58.4 Å². The fraction of sp³-hybridized carbons (Fsp3) is 0.417. The average Bonchev–Trinajstić information content (AvgIpc) is 2.29. The second-order valence-electron chi connectivity index (χ2n) is 3.83. The summed E-state index contributed by atoms with van der Waals surface area (Å²) < 4.78 is 24.5. The van der Waals surface area contributed by atoms with Gasteiger partial charge in [0.2, 0.25) is 5.91 Å². The van der Waals surface area contributed by atoms with E-state index < -0.39 is 13.0 Å². The maximum absolute atomic E-state index is 12.3. The summed E-state index contributed by atoms with van der Waals surface area (Å²) in [7, 11) is 0. The molecule has 1 rings (SSSR count). The molecular weight excluding hydrogens is 240 g/mol. The van der Waals surface area contributed by atoms with Crippen LogP contribution in [-0.4, -0.2) is 43.4 Å². The Hall–Kier alpha value is -1.53. The Morgan fingerprint density at radius 2 is 2.00 bits per heavy atom. The molecule has 100 valence electrons. The van der Waals surface area contributed by atoms with Gasteiger partial charge in [0.05, 0.1) is 13.1 Å². The maximum Gasteiger partial charge on any atom is 0.251 e. The van der Waals surface area contributed by atoms with Crippen LogP contribution < -0.4 is 11.1 Å². The Balaban J connectivity index is 2.45. The minimum atomic E-state index is -2.47. The van der Waals surface area contributed by atoms with E-state index in [-0.39, 0.29) is 25.5 Å². The number of nitrogens with two attached hydrogens (primary N) is 1. The zero-order valence-electron chi connectivity index (χ0n) is 9.98. The highest BCUT2D eigenvalue weighted by Crippen LogP contribution is 2.05. The Morgan fingerprint density at radius 3 is 2.56 bits per heavy atom. The minimum absolute atomic E-state index is 0.0869. The summed E-state index contributed by atoms with van der Waals surface area (Å²) in [4.78, 5) is 13.0. The van der Waals surface area contributed by atoms with Gasteiger partial charge in [-0.15, -0.1) is 0 Å². The van der Waals surface area contributed by atoms with E-state index in [1.54, 1.807) is 24.3 Å². The summed E-state index contributed by atoms with van der Waals surface area (Å²) in [6.45, 7) is -0.0201. The third kappa shape index (κ3) is 5.70. The Labute approximate surface area is 105 Å². The standard InChI is InChI=1S/C12H17F2N3O/c13-11(14)8-17(7-6-15)9-12(18)16-10-4-2-1-3-5-10/h1-5,11H,6-9,15H2,(H,16,18). The second kappa shape index (κ2) is 7.73. The summed E-state index contributed by atoms with van der Waals surface area (Å²) >= 11 is 0. The summed E-state index contributed by atoms with van der Waals surface area (Å²) in [5.74, 6) is -0.324. The molecule has 0 bridgehead atoms. The van der Waals surface area contributed by atoms with Crippen molar-refractivity contribution in [1.29, 1.82) is 0 Å². The number of hydrogen-bond donors (Lipinski definition) is 2. The summed E-state index contributed by atoms with van der Waals surface area (Å²) in [5.41, 5.74) is 5.96. The second-order valence-corrected chi connectivity index (χ2v) is 3.83. The lowest BCUT2D eigenvalue weighted by Crippen LogP contribution is -2.39. The van der Waals surface area contributed by atoms with Crippen LogP contribution in [-0.2, 0) is 4.79 Å². The van der Waals surface area contributed by atoms with Crippen LogP contribution in [0.2, 0.25) is 0 Å². The number of para-hydroxylation sites is 1. The van der Waals surface area contributed by atoms with Crippen LogP contribution >= 0.6 is 0 Å². The zero-order chi connectivity index (χ0) is 13.4. The van der Waals surface area contributed by atoms with Crippen molar-refractivity contribution in [2.45, 2.75) is 6.43 Å². The number of anilines is 1. The van der Waals surface area contributed by atoms with Gasteiger partial charge in [0.1, 0.15) is 0 Å². The molecule has 0 aromatic heterocycles. The molecule has 0 aliphatic carbocycles. The molecule has 0 spiro atoms. The molecule has 18 heavy (non-hydrogen) atoms. The maximum atomic E-state index is 12.3. The van der Waals surface area contributed by atoms with Crippen LogP contribution in [0.4, 0.5) is 14.5 Å². The Bertz CT molecular complexity index is 360. The van der Waals surface area contributed by atoms with Crippen molar-refractivity contribution in [3.63, 3.8) is 0 Å². The van der Waals surface area contributed by atoms with E-state index in [0.29, 0.717) is 5.69 Å². The van der Waals surface area contributed by atoms with Gasteiger partial charge in [0, 0.05) is 18.8 Å². The van der Waals surface area contributed by atoms with Gasteiger partial charge in [-0.3, -0.25) is 9.69 Å². The molecule has 1 amide bonds. The molecule has 0 saturated carbocycles. The summed E-state index contributed by atoms with van der Waals surface area (Å²) in [5, 5.41) is 2.64. The van der Waals surface area contributed by atoms with E-state index in [2.05, 4.69) is 5.32 Å². The lowest BCUT2D eigenvalue weighted by molar-refractivity contribution is -0.117. The average molecular weight is 257 g/mol. The summed E-state index contributed by atoms with van der Waals surface area (Å²) in [6.07, 6.45) is -2.47. The first-order valence-electron chi connectivity index (χ1n) is 5.67. The van der Waals surface area contributed by atoms with E-state index in [1.807, 2.05) is 6.07 Å².